The van der Waals surface area contributed by atoms with Crippen LogP contribution in [0.5, 0.6) is 0 Å². The van der Waals surface area contributed by atoms with Crippen molar-refractivity contribution in [2.75, 3.05) is 13.2 Å². The molecule has 0 aliphatic heterocycles. The zero-order valence-corrected chi connectivity index (χ0v) is 36.5. The van der Waals surface area contributed by atoms with Gasteiger partial charge in [-0.05, 0) is 57.8 Å². The molecule has 0 aromatic heterocycles. The molecular weight excluding hydrogens is 767 g/mol. The topological polar surface area (TPSA) is 210 Å². The van der Waals surface area contributed by atoms with Crippen molar-refractivity contribution >= 4 is 19.8 Å². The van der Waals surface area contributed by atoms with Crippen LogP contribution >= 0.6 is 7.82 Å². The molecule has 1 aliphatic carbocycles. The maximum atomic E-state index is 12.8. The maximum Gasteiger partial charge on any atom is 0.472 e. The molecule has 1 saturated carbocycles. The molecule has 6 unspecified atom stereocenters. The third-order valence-electron chi connectivity index (χ3n) is 10.2. The molecule has 8 atom stereocenters. The minimum atomic E-state index is -5.12. The highest BCUT2D eigenvalue weighted by atomic mass is 31.2. The minimum absolute atomic E-state index is 0.0804. The fourth-order valence-electron chi connectivity index (χ4n) is 6.52. The van der Waals surface area contributed by atoms with E-state index in [0.717, 1.165) is 70.6 Å². The lowest BCUT2D eigenvalue weighted by Gasteiger charge is -2.41. The quantitative estimate of drug-likeness (QED) is 0.0152. The summed E-state index contributed by atoms with van der Waals surface area (Å²) in [4.78, 5) is 35.6. The molecule has 1 fully saturated rings. The van der Waals surface area contributed by atoms with Gasteiger partial charge in [-0.2, -0.15) is 0 Å². The number of aliphatic hydroxyl groups excluding tert-OH is 5. The fraction of sp³-hybridized carbons (Fsp3) is 0.818. The summed E-state index contributed by atoms with van der Waals surface area (Å²) >= 11 is 0. The van der Waals surface area contributed by atoms with Crippen molar-refractivity contribution in [1.82, 2.24) is 0 Å². The van der Waals surface area contributed by atoms with Crippen molar-refractivity contribution in [3.8, 4) is 0 Å². The van der Waals surface area contributed by atoms with E-state index in [1.165, 1.54) is 64.2 Å². The largest absolute Gasteiger partial charge is 0.472 e. The molecule has 1 aliphatic rings. The monoisotopic (exact) mass is 847 g/mol. The normalized spacial score (nSPS) is 22.8. The predicted octanol–water partition coefficient (Wildman–Crippen LogP) is 8.22. The Balaban J connectivity index is 2.48. The number of hydrogen-bond acceptors (Lipinski definition) is 12. The van der Waals surface area contributed by atoms with Gasteiger partial charge in [0.05, 0.1) is 6.61 Å². The number of carbonyl (C=O) groups is 2. The van der Waals surface area contributed by atoms with Crippen molar-refractivity contribution < 1.29 is 63.1 Å². The Kier molecular flexibility index (Phi) is 32.4. The minimum Gasteiger partial charge on any atom is -0.462 e. The summed E-state index contributed by atoms with van der Waals surface area (Å²) in [5.41, 5.74) is 0. The number of hydrogen-bond donors (Lipinski definition) is 6. The van der Waals surface area contributed by atoms with Crippen molar-refractivity contribution in [1.29, 1.82) is 0 Å². The van der Waals surface area contributed by atoms with Gasteiger partial charge in [-0.3, -0.25) is 18.6 Å². The molecule has 6 N–H and O–H groups in total. The molecule has 0 aromatic rings. The van der Waals surface area contributed by atoms with Crippen LogP contribution in [0.4, 0.5) is 0 Å². The number of rotatable bonds is 36. The number of phosphoric acid groups is 1. The molecule has 0 radical (unpaired) electrons. The molecule has 0 spiro atoms. The molecule has 13 nitrogen and oxygen atoms in total. The molecule has 1 rings (SSSR count). The van der Waals surface area contributed by atoms with E-state index < -0.39 is 75.7 Å². The first-order valence-electron chi connectivity index (χ1n) is 22.3. The molecule has 338 valence electrons. The lowest BCUT2D eigenvalue weighted by Crippen LogP contribution is -2.64. The van der Waals surface area contributed by atoms with Gasteiger partial charge in [0, 0.05) is 12.8 Å². The van der Waals surface area contributed by atoms with Crippen LogP contribution in [0.25, 0.3) is 0 Å². The second-order valence-corrected chi connectivity index (χ2v) is 16.9. The highest BCUT2D eigenvalue weighted by Crippen LogP contribution is 2.47. The first-order chi connectivity index (χ1) is 27.9. The zero-order chi connectivity index (χ0) is 42.9. The molecule has 14 heteroatoms. The van der Waals surface area contributed by atoms with Crippen LogP contribution in [0.2, 0.25) is 0 Å². The first kappa shape index (κ1) is 54.1. The summed E-state index contributed by atoms with van der Waals surface area (Å²) in [6.07, 6.45) is 24.8. The van der Waals surface area contributed by atoms with Gasteiger partial charge in [0.2, 0.25) is 0 Å². The van der Waals surface area contributed by atoms with E-state index >= 15 is 0 Å². The summed E-state index contributed by atoms with van der Waals surface area (Å²) in [6.45, 7) is 3.21. The zero-order valence-electron chi connectivity index (χ0n) is 35.6. The summed E-state index contributed by atoms with van der Waals surface area (Å²) in [5.74, 6) is -1.12. The Bertz CT molecular complexity index is 1160. The Morgan fingerprint density at radius 2 is 0.931 bits per heavy atom. The molecule has 0 amide bonds. The van der Waals surface area contributed by atoms with Gasteiger partial charge >= 0.3 is 19.8 Å². The first-order valence-corrected chi connectivity index (χ1v) is 23.8. The van der Waals surface area contributed by atoms with Gasteiger partial charge in [0.1, 0.15) is 43.2 Å². The lowest BCUT2D eigenvalue weighted by molar-refractivity contribution is -0.220. The summed E-state index contributed by atoms with van der Waals surface area (Å²) < 4.78 is 33.5. The van der Waals surface area contributed by atoms with E-state index in [9.17, 15) is 44.6 Å². The molecule has 0 bridgehead atoms. The molecule has 0 aromatic carbocycles. The van der Waals surface area contributed by atoms with E-state index in [2.05, 4.69) is 50.3 Å². The van der Waals surface area contributed by atoms with Crippen molar-refractivity contribution in [3.63, 3.8) is 0 Å². The number of esters is 2. The summed E-state index contributed by atoms with van der Waals surface area (Å²) in [5, 5.41) is 50.1. The number of unbranched alkanes of at least 4 members (excludes halogenated alkanes) is 18. The van der Waals surface area contributed by atoms with E-state index in [1.54, 1.807) is 0 Å². The lowest BCUT2D eigenvalue weighted by atomic mass is 9.85. The highest BCUT2D eigenvalue weighted by Gasteiger charge is 2.51. The van der Waals surface area contributed by atoms with Gasteiger partial charge < -0.3 is 39.9 Å². The van der Waals surface area contributed by atoms with Gasteiger partial charge in [-0.1, -0.05) is 140 Å². The summed E-state index contributed by atoms with van der Waals surface area (Å²) in [7, 11) is -5.12. The maximum absolute atomic E-state index is 12.8. The summed E-state index contributed by atoms with van der Waals surface area (Å²) in [6, 6.07) is 0. The average Bonchev–Trinajstić information content (AvgIpc) is 3.20. The van der Waals surface area contributed by atoms with Crippen LogP contribution in [0, 0.1) is 0 Å². The van der Waals surface area contributed by atoms with E-state index in [1.807, 2.05) is 0 Å². The number of carbonyl (C=O) groups excluding carboxylic acids is 2. The third kappa shape index (κ3) is 27.0. The van der Waals surface area contributed by atoms with E-state index in [-0.39, 0.29) is 12.8 Å². The van der Waals surface area contributed by atoms with Gasteiger partial charge in [0.15, 0.2) is 6.10 Å². The molecule has 0 saturated heterocycles. The van der Waals surface area contributed by atoms with E-state index in [0.29, 0.717) is 12.8 Å². The SMILES string of the molecule is CCCC/C=C/C/C=C/CCCCCCCC(=O)O[C@@H](COC(=O)CCCCCCCCCCC/C=C/CCCC)COP(=O)(O)OC1C(O)C(O)C(O)[C@H](O)C1O. The second kappa shape index (κ2) is 34.7. The Morgan fingerprint density at radius 1 is 0.534 bits per heavy atom. The van der Waals surface area contributed by atoms with Gasteiger partial charge in [-0.25, -0.2) is 4.57 Å². The third-order valence-corrected chi connectivity index (χ3v) is 11.2. The van der Waals surface area contributed by atoms with Crippen molar-refractivity contribution in [2.45, 2.75) is 217 Å². The number of ether oxygens (including phenoxy) is 2. The van der Waals surface area contributed by atoms with Crippen molar-refractivity contribution in [2.24, 2.45) is 0 Å². The van der Waals surface area contributed by atoms with Crippen LogP contribution in [0.3, 0.4) is 0 Å². The van der Waals surface area contributed by atoms with Crippen LogP contribution in [0.15, 0.2) is 36.5 Å². The number of phosphoric ester groups is 1. The number of aliphatic hydroxyl groups is 5. The highest BCUT2D eigenvalue weighted by molar-refractivity contribution is 7.47. The molecule has 58 heavy (non-hydrogen) atoms. The number of allylic oxidation sites excluding steroid dienone is 6. The second-order valence-electron chi connectivity index (χ2n) is 15.5. The Morgan fingerprint density at radius 3 is 1.41 bits per heavy atom. The average molecular weight is 847 g/mol. The van der Waals surface area contributed by atoms with Crippen LogP contribution in [-0.4, -0.2) is 98.3 Å². The Hall–Kier alpha value is -1.93. The predicted molar refractivity (Wildman–Crippen MR) is 226 cm³/mol. The van der Waals surface area contributed by atoms with Gasteiger partial charge in [-0.15, -0.1) is 0 Å². The fourth-order valence-corrected chi connectivity index (χ4v) is 7.49. The van der Waals surface area contributed by atoms with Crippen LogP contribution in [-0.2, 0) is 32.7 Å². The van der Waals surface area contributed by atoms with Crippen molar-refractivity contribution in [3.05, 3.63) is 36.5 Å². The van der Waals surface area contributed by atoms with Crippen LogP contribution < -0.4 is 0 Å². The van der Waals surface area contributed by atoms with Gasteiger partial charge in [0.25, 0.3) is 0 Å². The standard InChI is InChI=1S/C44H79O13P/c1-3-5-7-9-11-13-15-17-19-21-22-24-26-28-30-32-37(45)54-34-36(35-55-58(52,53)57-44-42(50)40(48)39(47)41(49)43(44)51)56-38(46)33-31-29-27-25-23-20-18-16-14-12-10-8-6-4-2/h9-12,16,18,36,39-44,47-51H,3-8,13-15,17,19-35H2,1-2H3,(H,52,53)/b11-9+,12-10+,18-16+/t36-,39?,40-,41?,42?,43?,44?/m0/s1. The molecular formula is C44H79O13P. The smallest absolute Gasteiger partial charge is 0.462 e. The van der Waals surface area contributed by atoms with E-state index in [4.69, 9.17) is 18.5 Å². The molecule has 0 heterocycles. The Labute approximate surface area is 348 Å². The van der Waals surface area contributed by atoms with Crippen LogP contribution in [0.1, 0.15) is 174 Å².